The number of hydrogen-bond acceptors (Lipinski definition) is 6. The molecule has 0 unspecified atom stereocenters. The standard InChI is InChI=1S/C24H24N6O4/c1-15-9-11-17(12-10-15)18(22(32)33)26-27-23-25-20-19(21(31)29(3)24(34)28(20)2)30(23)14-13-16-7-5-4-6-8-16/h4-12H,13-14H2,1-3H3,(H,25,27)(H,32,33)/b26-18-. The molecule has 0 aliphatic heterocycles. The number of imidazole rings is 1. The third kappa shape index (κ3) is 4.25. The second-order valence-electron chi connectivity index (χ2n) is 7.94. The summed E-state index contributed by atoms with van der Waals surface area (Å²) >= 11 is 0. The molecule has 174 valence electrons. The van der Waals surface area contributed by atoms with E-state index in [1.807, 2.05) is 37.3 Å². The summed E-state index contributed by atoms with van der Waals surface area (Å²) in [7, 11) is 2.94. The van der Waals surface area contributed by atoms with Crippen molar-refractivity contribution >= 4 is 28.8 Å². The number of aliphatic carboxylic acids is 1. The molecule has 2 aromatic carbocycles. The van der Waals surface area contributed by atoms with Gasteiger partial charge in [0.25, 0.3) is 5.56 Å². The first-order valence-electron chi connectivity index (χ1n) is 10.6. The minimum Gasteiger partial charge on any atom is -0.476 e. The lowest BCUT2D eigenvalue weighted by atomic mass is 10.1. The van der Waals surface area contributed by atoms with Crippen LogP contribution in [0, 0.1) is 6.92 Å². The quantitative estimate of drug-likeness (QED) is 0.321. The van der Waals surface area contributed by atoms with E-state index in [0.717, 1.165) is 15.7 Å². The molecule has 0 radical (unpaired) electrons. The average Bonchev–Trinajstić information content (AvgIpc) is 3.20. The van der Waals surface area contributed by atoms with Gasteiger partial charge in [0.2, 0.25) is 5.95 Å². The van der Waals surface area contributed by atoms with Crippen LogP contribution in [-0.2, 0) is 31.9 Å². The highest BCUT2D eigenvalue weighted by atomic mass is 16.4. The third-order valence-corrected chi connectivity index (χ3v) is 5.61. The molecule has 2 N–H and O–H groups in total. The lowest BCUT2D eigenvalue weighted by Gasteiger charge is -2.10. The van der Waals surface area contributed by atoms with Gasteiger partial charge in [-0.2, -0.15) is 10.1 Å². The summed E-state index contributed by atoms with van der Waals surface area (Å²) in [6.45, 7) is 2.26. The van der Waals surface area contributed by atoms with Crippen LogP contribution >= 0.6 is 0 Å². The monoisotopic (exact) mass is 460 g/mol. The molecule has 2 aromatic heterocycles. The SMILES string of the molecule is Cc1ccc(/C(=N/Nc2nc3c(c(=O)n(C)c(=O)n3C)n2CCc2ccccc2)C(=O)O)cc1. The summed E-state index contributed by atoms with van der Waals surface area (Å²) in [6, 6.07) is 16.6. The van der Waals surface area contributed by atoms with E-state index in [4.69, 9.17) is 0 Å². The number of nitrogens with zero attached hydrogens (tertiary/aromatic N) is 5. The summed E-state index contributed by atoms with van der Waals surface area (Å²) in [5, 5.41) is 13.8. The fourth-order valence-corrected chi connectivity index (χ4v) is 3.69. The minimum atomic E-state index is -1.22. The summed E-state index contributed by atoms with van der Waals surface area (Å²) in [5.74, 6) is -1.05. The number of hydrazone groups is 1. The van der Waals surface area contributed by atoms with Crippen molar-refractivity contribution in [3.05, 3.63) is 92.1 Å². The average molecular weight is 460 g/mol. The predicted octanol–water partition coefficient (Wildman–Crippen LogP) is 1.89. The van der Waals surface area contributed by atoms with Gasteiger partial charge in [0.1, 0.15) is 0 Å². The Bertz CT molecular complexity index is 1510. The molecule has 34 heavy (non-hydrogen) atoms. The Labute approximate surface area is 194 Å². The Morgan fingerprint density at radius 3 is 2.35 bits per heavy atom. The van der Waals surface area contributed by atoms with Crippen molar-refractivity contribution in [3.63, 3.8) is 0 Å². The van der Waals surface area contributed by atoms with Crippen LogP contribution in [0.3, 0.4) is 0 Å². The summed E-state index contributed by atoms with van der Waals surface area (Å²) in [4.78, 5) is 41.7. The minimum absolute atomic E-state index is 0.162. The number of fused-ring (bicyclic) bond motifs is 1. The van der Waals surface area contributed by atoms with Crippen molar-refractivity contribution in [1.29, 1.82) is 0 Å². The molecule has 4 rings (SSSR count). The van der Waals surface area contributed by atoms with E-state index in [0.29, 0.717) is 18.5 Å². The fraction of sp³-hybridized carbons (Fsp3) is 0.208. The molecule has 0 bridgehead atoms. The van der Waals surface area contributed by atoms with Gasteiger partial charge in [-0.15, -0.1) is 0 Å². The number of hydrogen-bond donors (Lipinski definition) is 2. The van der Waals surface area contributed by atoms with E-state index in [1.54, 1.807) is 28.8 Å². The number of anilines is 1. The highest BCUT2D eigenvalue weighted by molar-refractivity contribution is 6.42. The molecular weight excluding hydrogens is 436 g/mol. The van der Waals surface area contributed by atoms with Gasteiger partial charge in [0.15, 0.2) is 16.9 Å². The lowest BCUT2D eigenvalue weighted by molar-refractivity contribution is -0.129. The highest BCUT2D eigenvalue weighted by Gasteiger charge is 2.20. The Hall–Kier alpha value is -4.47. The molecule has 0 spiro atoms. The highest BCUT2D eigenvalue weighted by Crippen LogP contribution is 2.17. The van der Waals surface area contributed by atoms with Crippen molar-refractivity contribution in [1.82, 2.24) is 18.7 Å². The number of rotatable bonds is 7. The van der Waals surface area contributed by atoms with Crippen LogP contribution in [0.25, 0.3) is 11.2 Å². The van der Waals surface area contributed by atoms with Crippen LogP contribution in [0.4, 0.5) is 5.95 Å². The Balaban J connectivity index is 1.82. The first-order chi connectivity index (χ1) is 16.3. The van der Waals surface area contributed by atoms with Crippen LogP contribution < -0.4 is 16.7 Å². The Morgan fingerprint density at radius 1 is 1.03 bits per heavy atom. The molecule has 0 saturated heterocycles. The van der Waals surface area contributed by atoms with Crippen molar-refractivity contribution in [2.24, 2.45) is 19.2 Å². The van der Waals surface area contributed by atoms with Gasteiger partial charge in [-0.3, -0.25) is 13.9 Å². The molecule has 10 nitrogen and oxygen atoms in total. The van der Waals surface area contributed by atoms with E-state index in [1.165, 1.54) is 18.7 Å². The second-order valence-corrected chi connectivity index (χ2v) is 7.94. The predicted molar refractivity (Wildman–Crippen MR) is 129 cm³/mol. The number of nitrogens with one attached hydrogen (secondary N) is 1. The van der Waals surface area contributed by atoms with Gasteiger partial charge >= 0.3 is 11.7 Å². The maximum Gasteiger partial charge on any atom is 0.356 e. The molecule has 0 saturated carbocycles. The molecule has 0 amide bonds. The van der Waals surface area contributed by atoms with Crippen LogP contribution in [0.2, 0.25) is 0 Å². The Morgan fingerprint density at radius 2 is 1.71 bits per heavy atom. The smallest absolute Gasteiger partial charge is 0.356 e. The molecule has 10 heteroatoms. The largest absolute Gasteiger partial charge is 0.476 e. The van der Waals surface area contributed by atoms with Gasteiger partial charge in [0, 0.05) is 26.2 Å². The van der Waals surface area contributed by atoms with E-state index in [2.05, 4.69) is 15.5 Å². The maximum absolute atomic E-state index is 13.0. The van der Waals surface area contributed by atoms with Crippen molar-refractivity contribution in [2.45, 2.75) is 19.9 Å². The zero-order valence-electron chi connectivity index (χ0n) is 19.0. The molecular formula is C24H24N6O4. The van der Waals surface area contributed by atoms with Crippen molar-refractivity contribution < 1.29 is 9.90 Å². The van der Waals surface area contributed by atoms with Crippen LogP contribution in [0.1, 0.15) is 16.7 Å². The van der Waals surface area contributed by atoms with Gasteiger partial charge in [-0.05, 0) is 18.9 Å². The normalized spacial score (nSPS) is 11.7. The Kier molecular flexibility index (Phi) is 6.13. The van der Waals surface area contributed by atoms with Gasteiger partial charge in [0.05, 0.1) is 0 Å². The van der Waals surface area contributed by atoms with Crippen molar-refractivity contribution in [3.8, 4) is 0 Å². The molecule has 2 heterocycles. The van der Waals surface area contributed by atoms with Crippen LogP contribution in [0.5, 0.6) is 0 Å². The van der Waals surface area contributed by atoms with Gasteiger partial charge in [-0.25, -0.2) is 15.0 Å². The summed E-state index contributed by atoms with van der Waals surface area (Å²) in [6.07, 6.45) is 0.584. The van der Waals surface area contributed by atoms with Crippen molar-refractivity contribution in [2.75, 3.05) is 5.43 Å². The number of aromatic nitrogens is 4. The molecule has 0 aliphatic rings. The van der Waals surface area contributed by atoms with Crippen LogP contribution in [-0.4, -0.2) is 35.5 Å². The number of carboxylic acids is 1. The number of carbonyl (C=O) groups is 1. The maximum atomic E-state index is 13.0. The van der Waals surface area contributed by atoms with E-state index in [9.17, 15) is 19.5 Å². The molecule has 0 fully saturated rings. The zero-order valence-corrected chi connectivity index (χ0v) is 19.0. The van der Waals surface area contributed by atoms with Gasteiger partial charge < -0.3 is 9.67 Å². The molecule has 0 atom stereocenters. The van der Waals surface area contributed by atoms with E-state index < -0.39 is 17.2 Å². The second kappa shape index (κ2) is 9.18. The number of aryl methyl sites for hydroxylation is 4. The topological polar surface area (TPSA) is 124 Å². The summed E-state index contributed by atoms with van der Waals surface area (Å²) < 4.78 is 3.93. The van der Waals surface area contributed by atoms with E-state index >= 15 is 0 Å². The fourth-order valence-electron chi connectivity index (χ4n) is 3.69. The van der Waals surface area contributed by atoms with Gasteiger partial charge in [-0.1, -0.05) is 60.2 Å². The number of benzene rings is 2. The molecule has 4 aromatic rings. The third-order valence-electron chi connectivity index (χ3n) is 5.61. The first-order valence-corrected chi connectivity index (χ1v) is 10.6. The van der Waals surface area contributed by atoms with Crippen LogP contribution in [0.15, 0.2) is 69.3 Å². The number of carboxylic acid groups (broad SMARTS) is 1. The molecule has 0 aliphatic carbocycles. The lowest BCUT2D eigenvalue weighted by Crippen LogP contribution is -2.37. The van der Waals surface area contributed by atoms with E-state index in [-0.39, 0.29) is 22.8 Å². The zero-order chi connectivity index (χ0) is 24.4. The first kappa shape index (κ1) is 22.7. The summed E-state index contributed by atoms with van der Waals surface area (Å²) in [5.41, 5.74) is 4.38.